The van der Waals surface area contributed by atoms with Crippen molar-refractivity contribution in [1.29, 1.82) is 0 Å². The first-order chi connectivity index (χ1) is 29.9. The number of rotatable bonds is 16. The van der Waals surface area contributed by atoms with Gasteiger partial charge in [0.1, 0.15) is 134 Å². The van der Waals surface area contributed by atoms with Gasteiger partial charge in [-0.05, 0) is 0 Å². The van der Waals surface area contributed by atoms with Gasteiger partial charge in [0.05, 0.1) is 39.6 Å². The van der Waals surface area contributed by atoms with Crippen molar-refractivity contribution in [3.63, 3.8) is 0 Å². The lowest BCUT2D eigenvalue weighted by atomic mass is 9.95. The highest BCUT2D eigenvalue weighted by molar-refractivity contribution is 4.99. The van der Waals surface area contributed by atoms with E-state index in [4.69, 9.17) is 52.1 Å². The fourth-order valence-corrected chi connectivity index (χ4v) is 7.89. The Kier molecular flexibility index (Phi) is 17.8. The third-order valence-corrected chi connectivity index (χ3v) is 11.7. The van der Waals surface area contributed by atoms with Crippen LogP contribution in [0, 0.1) is 0 Å². The summed E-state index contributed by atoms with van der Waals surface area (Å²) in [5, 5.41) is 188. The largest absolute Gasteiger partial charge is 0.394 e. The summed E-state index contributed by atoms with van der Waals surface area (Å²) in [5.74, 6) is 0. The molecule has 18 N–H and O–H groups in total. The van der Waals surface area contributed by atoms with E-state index in [9.17, 15) is 91.9 Å². The predicted octanol–water partition coefficient (Wildman–Crippen LogP) is -12.8. The molecule has 28 atom stereocenters. The van der Waals surface area contributed by atoms with Crippen molar-refractivity contribution in [2.75, 3.05) is 39.6 Å². The van der Waals surface area contributed by atoms with Gasteiger partial charge in [0.2, 0.25) is 0 Å². The van der Waals surface area contributed by atoms with Gasteiger partial charge in [-0.3, -0.25) is 0 Å². The molecule has 6 heterocycles. The highest BCUT2D eigenvalue weighted by Crippen LogP contribution is 2.35. The van der Waals surface area contributed by atoms with Crippen molar-refractivity contribution in [1.82, 2.24) is 0 Å². The monoisotopic (exact) mass is 930 g/mol. The van der Waals surface area contributed by atoms with Crippen molar-refractivity contribution in [3.05, 3.63) is 0 Å². The third kappa shape index (κ3) is 10.6. The molecule has 0 aromatic carbocycles. The molecule has 0 saturated carbocycles. The molecule has 0 aromatic heterocycles. The second kappa shape index (κ2) is 21.9. The fourth-order valence-electron chi connectivity index (χ4n) is 7.89. The summed E-state index contributed by atoms with van der Waals surface area (Å²) in [6.45, 7) is -4.77. The molecule has 63 heavy (non-hydrogen) atoms. The zero-order valence-corrected chi connectivity index (χ0v) is 32.9. The Balaban J connectivity index is 1.19. The maximum atomic E-state index is 11.6. The van der Waals surface area contributed by atoms with E-state index in [0.29, 0.717) is 0 Å². The second-order valence-electron chi connectivity index (χ2n) is 15.9. The van der Waals surface area contributed by atoms with Crippen LogP contribution in [0.15, 0.2) is 0 Å². The molecule has 29 nitrogen and oxygen atoms in total. The van der Waals surface area contributed by atoms with E-state index in [2.05, 4.69) is 0 Å². The van der Waals surface area contributed by atoms with E-state index in [1.54, 1.807) is 0 Å². The summed E-state index contributed by atoms with van der Waals surface area (Å²) < 4.78 is 60.4. The topological polar surface area (TPSA) is 466 Å². The molecular weight excluding hydrogens is 872 g/mol. The third-order valence-electron chi connectivity index (χ3n) is 11.7. The first-order valence-electron chi connectivity index (χ1n) is 20.0. The van der Waals surface area contributed by atoms with E-state index in [1.807, 2.05) is 0 Å². The van der Waals surface area contributed by atoms with Gasteiger partial charge in [-0.25, -0.2) is 0 Å². The molecule has 0 aromatic rings. The smallest absolute Gasteiger partial charge is 0.187 e. The quantitative estimate of drug-likeness (QED) is 0.0683. The minimum atomic E-state index is -2.22. The number of hydrogen-bond acceptors (Lipinski definition) is 29. The van der Waals surface area contributed by atoms with Gasteiger partial charge < -0.3 is 144 Å². The Bertz CT molecular complexity index is 1400. The van der Waals surface area contributed by atoms with Crippen LogP contribution in [0.4, 0.5) is 0 Å². The van der Waals surface area contributed by atoms with Gasteiger partial charge in [-0.2, -0.15) is 0 Å². The molecule has 0 unspecified atom stereocenters. The molecule has 6 saturated heterocycles. The molecule has 0 aliphatic carbocycles. The summed E-state index contributed by atoms with van der Waals surface area (Å²) in [7, 11) is 0. The van der Waals surface area contributed by atoms with Crippen LogP contribution in [0.5, 0.6) is 0 Å². The molecule has 6 rings (SSSR count). The van der Waals surface area contributed by atoms with Gasteiger partial charge in [-0.1, -0.05) is 0 Å². The van der Waals surface area contributed by atoms with Crippen molar-refractivity contribution in [2.45, 2.75) is 172 Å². The normalized spacial score (nSPS) is 53.2. The lowest BCUT2D eigenvalue weighted by molar-refractivity contribution is -0.390. The van der Waals surface area contributed by atoms with Crippen molar-refractivity contribution in [3.8, 4) is 0 Å². The maximum absolute atomic E-state index is 11.6. The van der Waals surface area contributed by atoms with Crippen LogP contribution in [0.25, 0.3) is 0 Å². The highest BCUT2D eigenvalue weighted by Gasteiger charge is 2.56. The molecule has 29 heteroatoms. The first kappa shape index (κ1) is 51.2. The summed E-state index contributed by atoms with van der Waals surface area (Å²) in [6, 6.07) is 0. The van der Waals surface area contributed by atoms with Gasteiger partial charge in [0, 0.05) is 0 Å². The van der Waals surface area contributed by atoms with Crippen molar-refractivity contribution < 1.29 is 144 Å². The summed E-state index contributed by atoms with van der Waals surface area (Å²) in [6.07, 6.45) is -51.0. The maximum Gasteiger partial charge on any atom is 0.187 e. The van der Waals surface area contributed by atoms with Crippen LogP contribution in [-0.4, -0.2) is 304 Å². The van der Waals surface area contributed by atoms with E-state index < -0.39 is 212 Å². The average Bonchev–Trinajstić information content (AvgIpc) is 3.71. The van der Waals surface area contributed by atoms with Crippen LogP contribution in [-0.2, 0) is 52.1 Å². The van der Waals surface area contributed by atoms with Crippen LogP contribution in [0.2, 0.25) is 0 Å². The molecule has 6 aliphatic heterocycles. The molecule has 6 fully saturated rings. The lowest BCUT2D eigenvalue weighted by Crippen LogP contribution is -2.67. The summed E-state index contributed by atoms with van der Waals surface area (Å²) >= 11 is 0. The van der Waals surface area contributed by atoms with Gasteiger partial charge >= 0.3 is 0 Å². The van der Waals surface area contributed by atoms with Crippen molar-refractivity contribution in [2.24, 2.45) is 0 Å². The average molecular weight is 931 g/mol. The number of aliphatic hydroxyl groups is 18. The van der Waals surface area contributed by atoms with Crippen molar-refractivity contribution >= 4 is 0 Å². The number of hydrogen-bond donors (Lipinski definition) is 18. The zero-order valence-electron chi connectivity index (χ0n) is 32.9. The predicted molar refractivity (Wildman–Crippen MR) is 187 cm³/mol. The van der Waals surface area contributed by atoms with Gasteiger partial charge in [-0.15, -0.1) is 0 Å². The molecule has 368 valence electrons. The number of aliphatic hydroxyl groups excluding tert-OH is 18. The Morgan fingerprint density at radius 2 is 0.603 bits per heavy atom. The van der Waals surface area contributed by atoms with Crippen LogP contribution in [0.3, 0.4) is 0 Å². The Labute approximate surface area is 355 Å². The lowest BCUT2D eigenvalue weighted by Gasteiger charge is -2.49. The molecule has 6 aliphatic rings. The molecule has 0 amide bonds. The minimum absolute atomic E-state index is 0.690. The Morgan fingerprint density at radius 3 is 1.08 bits per heavy atom. The van der Waals surface area contributed by atoms with E-state index in [0.717, 1.165) is 0 Å². The van der Waals surface area contributed by atoms with Gasteiger partial charge in [0.15, 0.2) is 37.7 Å². The van der Waals surface area contributed by atoms with Crippen LogP contribution >= 0.6 is 0 Å². The Morgan fingerprint density at radius 1 is 0.270 bits per heavy atom. The fraction of sp³-hybridized carbons (Fsp3) is 1.00. The SMILES string of the molecule is OC[C@@H]1O[C@@H](OC[C@H]2O[C@H](O)[C@H](O)[C@@H](O[C@H]3O[C@H](CO[C@@H]4O[C@@H](CO)[C@H](O)[C@H]4O)[C@@H](O)[C@H](O[C@H]4O[C@H](CO)[C@@H](O[C@H]5O[C@H](CO)[C@@H](O)[C@H](O)[C@H]5O)[C@H](O)[C@H]4O)[C@H]3O)[C@@H]2O)[C@H](O)[C@H]1O. The molecule has 0 bridgehead atoms. The molecular formula is C34H58O29. The van der Waals surface area contributed by atoms with E-state index in [1.165, 1.54) is 0 Å². The minimum Gasteiger partial charge on any atom is -0.394 e. The standard InChI is InChI=1S/C34H58O29/c35-1-7-13(39)18(44)22(48)32(58-7)61-26-10(4-38)59-33(23(49)19(26)45)63-28-17(43)12(6-54-31-21(47)15(41)9(3-37)57-31)60-34(25(28)51)62-27-16(42)11(55-29(52)24(27)50)5-53-30-20(46)14(40)8(2-36)56-30/h7-52H,1-6H2/t7-,8+,9+,10-,11-,12-,13-,14+,15+,16-,17-,18+,19-,20-,21-,22-,23-,24-,25-,26-,27+,28+,29+,30-,31-,32-,33-,34-/m1/s1. The van der Waals surface area contributed by atoms with Crippen LogP contribution < -0.4 is 0 Å². The molecule has 0 spiro atoms. The van der Waals surface area contributed by atoms with E-state index >= 15 is 0 Å². The molecule has 0 radical (unpaired) electrons. The summed E-state index contributed by atoms with van der Waals surface area (Å²) in [4.78, 5) is 0. The Hall–Kier alpha value is -1.16. The number of ether oxygens (including phenoxy) is 11. The van der Waals surface area contributed by atoms with Gasteiger partial charge in [0.25, 0.3) is 0 Å². The highest BCUT2D eigenvalue weighted by atomic mass is 16.8. The first-order valence-corrected chi connectivity index (χ1v) is 20.0. The van der Waals surface area contributed by atoms with Crippen LogP contribution in [0.1, 0.15) is 0 Å². The van der Waals surface area contributed by atoms with E-state index in [-0.39, 0.29) is 0 Å². The second-order valence-corrected chi connectivity index (χ2v) is 15.9. The zero-order chi connectivity index (χ0) is 46.2. The summed E-state index contributed by atoms with van der Waals surface area (Å²) in [5.41, 5.74) is 0.